The number of benzene rings is 1. The van der Waals surface area contributed by atoms with Crippen LogP contribution in [0.25, 0.3) is 11.1 Å². The van der Waals surface area contributed by atoms with Gasteiger partial charge in [0.15, 0.2) is 11.6 Å². The van der Waals surface area contributed by atoms with E-state index in [1.54, 1.807) is 18.2 Å². The van der Waals surface area contributed by atoms with Crippen molar-refractivity contribution >= 4 is 34.9 Å². The molecule has 0 aliphatic heterocycles. The maximum atomic E-state index is 14.8. The summed E-state index contributed by atoms with van der Waals surface area (Å²) in [6, 6.07) is 7.97. The van der Waals surface area contributed by atoms with Gasteiger partial charge in [-0.1, -0.05) is 11.6 Å². The number of aromatic hydroxyl groups is 1. The first-order valence-corrected chi connectivity index (χ1v) is 9.31. The van der Waals surface area contributed by atoms with Crippen LogP contribution >= 0.6 is 11.6 Å². The van der Waals surface area contributed by atoms with E-state index in [1.807, 2.05) is 13.8 Å². The Morgan fingerprint density at radius 1 is 1.07 bits per heavy atom. The van der Waals surface area contributed by atoms with E-state index in [2.05, 4.69) is 35.8 Å². The zero-order valence-electron chi connectivity index (χ0n) is 16.0. The van der Waals surface area contributed by atoms with E-state index in [4.69, 9.17) is 11.6 Å². The summed E-state index contributed by atoms with van der Waals surface area (Å²) in [4.78, 5) is 12.3. The molecule has 0 saturated carbocycles. The zero-order valence-corrected chi connectivity index (χ0v) is 16.8. The first kappa shape index (κ1) is 19.6. The molecule has 0 fully saturated rings. The van der Waals surface area contributed by atoms with Crippen LogP contribution in [0, 0.1) is 19.7 Å². The summed E-state index contributed by atoms with van der Waals surface area (Å²) in [5, 5.41) is 22.4. The van der Waals surface area contributed by atoms with Crippen LogP contribution in [-0.4, -0.2) is 30.3 Å². The number of H-pyrrole nitrogens is 1. The number of hydrogen-bond acceptors (Lipinski definition) is 7. The highest BCUT2D eigenvalue weighted by Crippen LogP contribution is 2.30. The van der Waals surface area contributed by atoms with Crippen molar-refractivity contribution in [1.82, 2.24) is 25.1 Å². The van der Waals surface area contributed by atoms with Crippen molar-refractivity contribution in [2.75, 3.05) is 10.6 Å². The molecule has 0 aliphatic rings. The number of hydrogen-bond donors (Lipinski definition) is 4. The first-order chi connectivity index (χ1) is 14.4. The van der Waals surface area contributed by atoms with Gasteiger partial charge in [0.25, 0.3) is 0 Å². The molecule has 30 heavy (non-hydrogen) atoms. The predicted octanol–water partition coefficient (Wildman–Crippen LogP) is 4.86. The van der Waals surface area contributed by atoms with Gasteiger partial charge in [0, 0.05) is 29.6 Å². The lowest BCUT2D eigenvalue weighted by Crippen LogP contribution is -2.03. The highest BCUT2D eigenvalue weighted by molar-refractivity contribution is 6.32. The molecule has 0 bridgehead atoms. The summed E-state index contributed by atoms with van der Waals surface area (Å²) < 4.78 is 14.8. The number of aromatic nitrogens is 5. The number of pyridine rings is 1. The van der Waals surface area contributed by atoms with Gasteiger partial charge in [-0.15, -0.1) is 0 Å². The first-order valence-electron chi connectivity index (χ1n) is 8.93. The normalized spacial score (nSPS) is 10.8. The van der Waals surface area contributed by atoms with Gasteiger partial charge in [0.1, 0.15) is 10.8 Å². The number of anilines is 4. The molecule has 4 aromatic rings. The van der Waals surface area contributed by atoms with Gasteiger partial charge < -0.3 is 15.7 Å². The van der Waals surface area contributed by atoms with Gasteiger partial charge in [0.2, 0.25) is 11.8 Å². The number of rotatable bonds is 5. The lowest BCUT2D eigenvalue weighted by Gasteiger charge is -2.12. The van der Waals surface area contributed by atoms with Crippen molar-refractivity contribution in [3.05, 3.63) is 64.8 Å². The van der Waals surface area contributed by atoms with Gasteiger partial charge in [-0.05, 0) is 43.2 Å². The summed E-state index contributed by atoms with van der Waals surface area (Å²) in [7, 11) is 0. The van der Waals surface area contributed by atoms with Crippen LogP contribution in [0.3, 0.4) is 0 Å². The number of nitrogens with zero attached hydrogens (tertiary/aromatic N) is 4. The van der Waals surface area contributed by atoms with Crippen LogP contribution in [0.15, 0.2) is 42.7 Å². The van der Waals surface area contributed by atoms with E-state index in [1.165, 1.54) is 24.5 Å². The van der Waals surface area contributed by atoms with Crippen molar-refractivity contribution in [2.24, 2.45) is 0 Å². The Kier molecular flexibility index (Phi) is 5.20. The number of aromatic amines is 1. The van der Waals surface area contributed by atoms with Gasteiger partial charge in [-0.25, -0.2) is 14.4 Å². The Balaban J connectivity index is 1.60. The summed E-state index contributed by atoms with van der Waals surface area (Å²) in [5.74, 6) is 0.480. The smallest absolute Gasteiger partial charge is 0.229 e. The molecule has 0 amide bonds. The maximum Gasteiger partial charge on any atom is 0.229 e. The maximum absolute atomic E-state index is 14.8. The molecular weight excluding hydrogens is 409 g/mol. The molecule has 152 valence electrons. The minimum absolute atomic E-state index is 0.0931. The minimum atomic E-state index is -0.486. The molecule has 8 nitrogen and oxygen atoms in total. The molecule has 4 N–H and O–H groups in total. The Hall–Kier alpha value is -3.72. The molecule has 0 spiro atoms. The van der Waals surface area contributed by atoms with Gasteiger partial charge in [-0.3, -0.25) is 5.10 Å². The second-order valence-electron chi connectivity index (χ2n) is 6.63. The summed E-state index contributed by atoms with van der Waals surface area (Å²) >= 11 is 6.16. The molecular formula is C20H17ClFN7O. The number of halogens is 2. The lowest BCUT2D eigenvalue weighted by molar-refractivity contribution is 0.453. The van der Waals surface area contributed by atoms with Crippen molar-refractivity contribution < 1.29 is 9.50 Å². The summed E-state index contributed by atoms with van der Waals surface area (Å²) in [6.45, 7) is 3.72. The Morgan fingerprint density at radius 3 is 2.60 bits per heavy atom. The molecule has 0 aliphatic carbocycles. The fourth-order valence-electron chi connectivity index (χ4n) is 2.87. The zero-order chi connectivity index (χ0) is 21.3. The second-order valence-corrected chi connectivity index (χ2v) is 7.04. The quantitative estimate of drug-likeness (QED) is 0.361. The van der Waals surface area contributed by atoms with E-state index >= 15 is 0 Å². The molecule has 1 aromatic carbocycles. The van der Waals surface area contributed by atoms with E-state index in [0.29, 0.717) is 27.8 Å². The minimum Gasteiger partial charge on any atom is -0.493 e. The van der Waals surface area contributed by atoms with E-state index in [0.717, 1.165) is 11.3 Å². The van der Waals surface area contributed by atoms with Crippen LogP contribution in [0.4, 0.5) is 27.7 Å². The third-order valence-corrected chi connectivity index (χ3v) is 4.59. The molecule has 3 aromatic heterocycles. The third kappa shape index (κ3) is 4.15. The molecule has 10 heteroatoms. The van der Waals surface area contributed by atoms with Crippen LogP contribution < -0.4 is 10.6 Å². The monoisotopic (exact) mass is 425 g/mol. The van der Waals surface area contributed by atoms with Crippen molar-refractivity contribution in [3.63, 3.8) is 0 Å². The number of nitrogens with one attached hydrogen (secondary N) is 3. The largest absolute Gasteiger partial charge is 0.493 e. The fourth-order valence-corrected chi connectivity index (χ4v) is 3.01. The Bertz CT molecular complexity index is 1210. The fraction of sp³-hybridized carbons (Fsp3) is 0.100. The molecule has 0 unspecified atom stereocenters. The topological polar surface area (TPSA) is 112 Å². The average molecular weight is 426 g/mol. The van der Waals surface area contributed by atoms with Gasteiger partial charge >= 0.3 is 0 Å². The lowest BCUT2D eigenvalue weighted by atomic mass is 10.0. The van der Waals surface area contributed by atoms with Crippen LogP contribution in [-0.2, 0) is 0 Å². The predicted molar refractivity (Wildman–Crippen MR) is 113 cm³/mol. The molecule has 4 rings (SSSR count). The Labute approximate surface area is 176 Å². The van der Waals surface area contributed by atoms with E-state index in [-0.39, 0.29) is 17.5 Å². The number of aryl methyl sites for hydroxylation is 2. The summed E-state index contributed by atoms with van der Waals surface area (Å²) in [6.07, 6.45) is 2.90. The molecule has 0 radical (unpaired) electrons. The SMILES string of the molecule is Cc1cc(Nc2nc(Nc3cc(C)c(-c4ccc(O)nc4)cc3F)ncc2Cl)n[nH]1. The molecule has 0 saturated heterocycles. The van der Waals surface area contributed by atoms with Crippen molar-refractivity contribution in [1.29, 1.82) is 0 Å². The van der Waals surface area contributed by atoms with E-state index in [9.17, 15) is 9.50 Å². The third-order valence-electron chi connectivity index (χ3n) is 4.32. The molecule has 3 heterocycles. The van der Waals surface area contributed by atoms with Gasteiger partial charge in [0.05, 0.1) is 11.9 Å². The van der Waals surface area contributed by atoms with Crippen molar-refractivity contribution in [2.45, 2.75) is 13.8 Å². The summed E-state index contributed by atoms with van der Waals surface area (Å²) in [5.41, 5.74) is 3.26. The van der Waals surface area contributed by atoms with Crippen molar-refractivity contribution in [3.8, 4) is 17.0 Å². The van der Waals surface area contributed by atoms with E-state index < -0.39 is 5.82 Å². The van der Waals surface area contributed by atoms with Crippen LogP contribution in [0.5, 0.6) is 5.88 Å². The molecule has 0 atom stereocenters. The second kappa shape index (κ2) is 7.96. The standard InChI is InChI=1S/C20H17ClFN7O/c1-10-5-16(15(22)7-13(10)12-3-4-18(30)23-8-12)25-20-24-9-14(21)19(27-20)26-17-6-11(2)28-29-17/h3-9H,1-2H3,(H,23,30)(H3,24,25,26,27,28,29). The Morgan fingerprint density at radius 2 is 1.90 bits per heavy atom. The average Bonchev–Trinajstić information content (AvgIpc) is 3.12. The highest BCUT2D eigenvalue weighted by atomic mass is 35.5. The van der Waals surface area contributed by atoms with Crippen LogP contribution in [0.2, 0.25) is 5.02 Å². The van der Waals surface area contributed by atoms with Gasteiger partial charge in [-0.2, -0.15) is 10.1 Å². The highest BCUT2D eigenvalue weighted by Gasteiger charge is 2.13. The van der Waals surface area contributed by atoms with Crippen LogP contribution in [0.1, 0.15) is 11.3 Å².